The molecule has 2 aromatic rings. The van der Waals surface area contributed by atoms with E-state index >= 15 is 0 Å². The molecule has 0 bridgehead atoms. The number of carbonyl (C=O) groups excluding carboxylic acids is 7. The van der Waals surface area contributed by atoms with Gasteiger partial charge in [0.15, 0.2) is 0 Å². The summed E-state index contributed by atoms with van der Waals surface area (Å²) in [6.45, 7) is 16.2. The number of hydrogen-bond acceptors (Lipinski definition) is 13. The van der Waals surface area contributed by atoms with Crippen LogP contribution in [0.1, 0.15) is 144 Å². The van der Waals surface area contributed by atoms with Gasteiger partial charge in [0.05, 0.1) is 25.2 Å². The van der Waals surface area contributed by atoms with Crippen LogP contribution in [0.25, 0.3) is 0 Å². The Labute approximate surface area is 434 Å². The highest BCUT2D eigenvalue weighted by molar-refractivity contribution is 7.09. The van der Waals surface area contributed by atoms with Gasteiger partial charge < -0.3 is 40.3 Å². The molecule has 73 heavy (non-hydrogen) atoms. The van der Waals surface area contributed by atoms with Gasteiger partial charge in [0.2, 0.25) is 23.6 Å². The first-order valence-corrected chi connectivity index (χ1v) is 27.0. The predicted octanol–water partition coefficient (Wildman–Crippen LogP) is 5.04. The third-order valence-corrected chi connectivity index (χ3v) is 14.9. The zero-order valence-corrected chi connectivity index (χ0v) is 44.4. The van der Waals surface area contributed by atoms with Gasteiger partial charge in [-0.3, -0.25) is 39.1 Å². The topological polar surface area (TPSA) is 241 Å². The van der Waals surface area contributed by atoms with Gasteiger partial charge in [0.1, 0.15) is 29.5 Å². The smallest absolute Gasteiger partial charge is 0.426 e. The third kappa shape index (κ3) is 17.2. The molecule has 3 aliphatic rings. The fourth-order valence-electron chi connectivity index (χ4n) is 9.63. The Morgan fingerprint density at radius 3 is 2.48 bits per heavy atom. The van der Waals surface area contributed by atoms with Crippen molar-refractivity contribution < 1.29 is 48.1 Å². The van der Waals surface area contributed by atoms with E-state index in [1.54, 1.807) is 16.4 Å². The Balaban J connectivity index is 1.06. The number of unbranched alkanes of at least 4 members (excludes halogenated alkanes) is 2. The molecule has 6 N–H and O–H groups in total. The van der Waals surface area contributed by atoms with E-state index in [4.69, 9.17) is 9.47 Å². The van der Waals surface area contributed by atoms with Crippen LogP contribution in [0.15, 0.2) is 54.1 Å². The average molecular weight is 1030 g/mol. The number of nitrogens with zero attached hydrogens (tertiary/aromatic N) is 4. The van der Waals surface area contributed by atoms with Crippen molar-refractivity contribution in [2.75, 3.05) is 53.0 Å². The summed E-state index contributed by atoms with van der Waals surface area (Å²) in [4.78, 5) is 102. The number of carbonyl (C=O) groups is 7. The molecule has 0 spiro atoms. The molecule has 1 aromatic heterocycles. The maximum absolute atomic E-state index is 14.5. The van der Waals surface area contributed by atoms with Crippen LogP contribution in [-0.4, -0.2) is 144 Å². The molecule has 5 rings (SSSR count). The molecule has 402 valence electrons. The number of hydrogen-bond donors (Lipinski definition) is 6. The van der Waals surface area contributed by atoms with E-state index in [0.29, 0.717) is 55.9 Å². The number of thiazole rings is 1. The Morgan fingerprint density at radius 2 is 1.77 bits per heavy atom. The first-order chi connectivity index (χ1) is 35.0. The Hall–Kier alpha value is -5.70. The molecule has 1 fully saturated rings. The number of rotatable bonds is 27. The quantitative estimate of drug-likeness (QED) is 0.0510. The van der Waals surface area contributed by atoms with Crippen LogP contribution >= 0.6 is 11.3 Å². The molecule has 19 nitrogen and oxygen atoms in total. The van der Waals surface area contributed by atoms with Gasteiger partial charge in [-0.2, -0.15) is 0 Å². The van der Waals surface area contributed by atoms with Crippen LogP contribution in [0.4, 0.5) is 4.79 Å². The molecule has 1 aliphatic carbocycles. The Morgan fingerprint density at radius 1 is 0.986 bits per heavy atom. The second-order valence-electron chi connectivity index (χ2n) is 19.7. The number of aromatic nitrogens is 1. The van der Waals surface area contributed by atoms with Gasteiger partial charge in [0, 0.05) is 61.7 Å². The van der Waals surface area contributed by atoms with E-state index < -0.39 is 42.0 Å². The number of hydrazine groups is 1. The zero-order valence-electron chi connectivity index (χ0n) is 43.6. The van der Waals surface area contributed by atoms with E-state index in [-0.39, 0.29) is 92.4 Å². The number of nitrogens with one attached hydrogen (secondary N) is 5. The predicted molar refractivity (Wildman–Crippen MR) is 278 cm³/mol. The Bertz CT molecular complexity index is 2220. The minimum Gasteiger partial charge on any atom is -0.446 e. The molecular formula is C53H79N9O10S. The molecule has 1 saturated heterocycles. The van der Waals surface area contributed by atoms with E-state index in [2.05, 4.69) is 43.3 Å². The molecule has 20 heteroatoms. The van der Waals surface area contributed by atoms with Gasteiger partial charge in [-0.05, 0) is 87.6 Å². The van der Waals surface area contributed by atoms with E-state index in [1.165, 1.54) is 6.08 Å². The number of likely N-dealkylation sites (N-methyl/N-ethyl adjacent to an activating group) is 1. The lowest BCUT2D eigenvalue weighted by atomic mass is 9.79. The number of benzene rings is 1. The highest BCUT2D eigenvalue weighted by Crippen LogP contribution is 2.33. The standard InChI is InChI=1S/C53H79N9O10S/c1-8-24-62(52(69)47(35(5)9-2)57-50(68)42-19-14-16-25-60(42)7)43(34(3)4)32-44(63)51-56-41(33-73-51)49(67)55-38-30-37-17-12-13-18-39(37)40(31-38)48(66)58-59-53(70)72-29-28-71-27-23-54-45(64)20-11-10-15-26-61-36(6)21-22-46(61)65/h12-13,17-18,21-22,33-35,38,40,42-44,47,63H,6,8-11,14-16,19-20,23-32H2,1-5,7H3,(H,54,64)(H,55,67)(H,57,68)(H,58,66)(H,59,70)/t35-,38-,40+,42+,43+,44+,47-/m0/s1. The number of piperidine rings is 1. The van der Waals surface area contributed by atoms with Crippen molar-refractivity contribution in [1.29, 1.82) is 0 Å². The largest absolute Gasteiger partial charge is 0.446 e. The molecule has 7 amide bonds. The second kappa shape index (κ2) is 29.3. The number of amides is 7. The summed E-state index contributed by atoms with van der Waals surface area (Å²) in [6.07, 6.45) is 8.84. The molecular weight excluding hydrogens is 955 g/mol. The van der Waals surface area contributed by atoms with Gasteiger partial charge >= 0.3 is 6.09 Å². The highest BCUT2D eigenvalue weighted by atomic mass is 32.1. The number of likely N-dealkylation sites (tertiary alicyclic amines) is 1. The zero-order chi connectivity index (χ0) is 53.0. The summed E-state index contributed by atoms with van der Waals surface area (Å²) in [6, 6.07) is 5.57. The van der Waals surface area contributed by atoms with Crippen molar-refractivity contribution >= 4 is 52.9 Å². The van der Waals surface area contributed by atoms with Crippen molar-refractivity contribution in [1.82, 2.24) is 46.5 Å². The molecule has 3 heterocycles. The molecule has 0 unspecified atom stereocenters. The third-order valence-electron chi connectivity index (χ3n) is 14.0. The van der Waals surface area contributed by atoms with Gasteiger partial charge in [-0.15, -0.1) is 11.3 Å². The monoisotopic (exact) mass is 1030 g/mol. The minimum absolute atomic E-state index is 0.0439. The number of aliphatic hydroxyl groups excluding tert-OH is 1. The number of fused-ring (bicyclic) bond motifs is 1. The highest BCUT2D eigenvalue weighted by Gasteiger charge is 2.38. The van der Waals surface area contributed by atoms with Gasteiger partial charge in [0.25, 0.3) is 11.8 Å². The lowest BCUT2D eigenvalue weighted by molar-refractivity contribution is -0.142. The lowest BCUT2D eigenvalue weighted by Crippen LogP contribution is -2.58. The van der Waals surface area contributed by atoms with Crippen molar-refractivity contribution in [3.63, 3.8) is 0 Å². The first-order valence-electron chi connectivity index (χ1n) is 26.1. The molecule has 1 aromatic carbocycles. The van der Waals surface area contributed by atoms with Gasteiger partial charge in [-0.1, -0.05) is 84.7 Å². The van der Waals surface area contributed by atoms with Gasteiger partial charge in [-0.25, -0.2) is 15.2 Å². The fourth-order valence-corrected chi connectivity index (χ4v) is 10.4. The van der Waals surface area contributed by atoms with Crippen LogP contribution in [0, 0.1) is 11.8 Å². The first kappa shape index (κ1) is 58.2. The second-order valence-corrected chi connectivity index (χ2v) is 20.6. The Kier molecular flexibility index (Phi) is 23.3. The maximum atomic E-state index is 14.5. The van der Waals surface area contributed by atoms with Crippen molar-refractivity contribution in [3.8, 4) is 0 Å². The van der Waals surface area contributed by atoms with Crippen LogP contribution in [0.3, 0.4) is 0 Å². The van der Waals surface area contributed by atoms with E-state index in [0.717, 1.165) is 61.1 Å². The van der Waals surface area contributed by atoms with E-state index in [1.807, 2.05) is 70.8 Å². The summed E-state index contributed by atoms with van der Waals surface area (Å²) in [5.41, 5.74) is 7.16. The van der Waals surface area contributed by atoms with Crippen LogP contribution in [0.5, 0.6) is 0 Å². The summed E-state index contributed by atoms with van der Waals surface area (Å²) in [7, 11) is 1.95. The molecule has 2 aliphatic heterocycles. The minimum atomic E-state index is -1.08. The van der Waals surface area contributed by atoms with Crippen LogP contribution < -0.4 is 26.8 Å². The van der Waals surface area contributed by atoms with Crippen molar-refractivity contribution in [2.24, 2.45) is 11.8 Å². The lowest BCUT2D eigenvalue weighted by Gasteiger charge is -2.39. The molecule has 0 saturated carbocycles. The van der Waals surface area contributed by atoms with Crippen LogP contribution in [0.2, 0.25) is 0 Å². The summed E-state index contributed by atoms with van der Waals surface area (Å²) in [5.74, 6) is -2.30. The SMILES string of the molecule is C=C1C=CC(=O)N1CCCCCC(=O)NCCOCCOC(=O)NNC(=O)[C@@H]1C[C@@H](NC(=O)c2csc([C@H](O)C[C@H](C(C)C)N(CCC)C(=O)[C@@H](NC(=O)[C@H]3CCCCN3C)[C@@H](C)CC)n2)Cc2ccccc21. The van der Waals surface area contributed by atoms with E-state index in [9.17, 15) is 38.7 Å². The summed E-state index contributed by atoms with van der Waals surface area (Å²) in [5, 5.41) is 22.5. The number of allylic oxidation sites excluding steroid dienone is 1. The number of aliphatic hydroxyl groups is 1. The molecule has 0 radical (unpaired) electrons. The maximum Gasteiger partial charge on any atom is 0.426 e. The summed E-state index contributed by atoms with van der Waals surface area (Å²) >= 11 is 1.16. The number of ether oxygens (including phenoxy) is 2. The molecule has 7 atom stereocenters. The van der Waals surface area contributed by atoms with Crippen molar-refractivity contribution in [2.45, 2.75) is 148 Å². The van der Waals surface area contributed by atoms with Crippen molar-refractivity contribution in [3.05, 3.63) is 75.9 Å². The fraction of sp³-hybridized carbons (Fsp3) is 0.623. The normalized spacial score (nSPS) is 19.3. The average Bonchev–Trinajstić information content (AvgIpc) is 4.01. The summed E-state index contributed by atoms with van der Waals surface area (Å²) < 4.78 is 10.6. The van der Waals surface area contributed by atoms with Crippen LogP contribution in [-0.2, 0) is 39.9 Å².